The lowest BCUT2D eigenvalue weighted by molar-refractivity contribution is -0.139. The highest BCUT2D eigenvalue weighted by Gasteiger charge is 2.24. The molecule has 0 spiro atoms. The highest BCUT2D eigenvalue weighted by molar-refractivity contribution is 5.77. The molecule has 0 aliphatic heterocycles. The van der Waals surface area contributed by atoms with Gasteiger partial charge < -0.3 is 14.6 Å². The number of ether oxygens (including phenoxy) is 2. The molecule has 0 radical (unpaired) electrons. The molecule has 0 saturated heterocycles. The predicted octanol–water partition coefficient (Wildman–Crippen LogP) is 3.25. The first-order valence-electron chi connectivity index (χ1n) is 6.67. The Kier molecular flexibility index (Phi) is 4.82. The zero-order valence-electron chi connectivity index (χ0n) is 12.1. The van der Waals surface area contributed by atoms with Gasteiger partial charge in [-0.2, -0.15) is 0 Å². The van der Waals surface area contributed by atoms with Crippen LogP contribution in [-0.4, -0.2) is 24.8 Å². The maximum atomic E-state index is 11.5. The van der Waals surface area contributed by atoms with Crippen molar-refractivity contribution < 1.29 is 19.4 Å². The Labute approximate surface area is 123 Å². The first kappa shape index (κ1) is 14.9. The fourth-order valence-corrected chi connectivity index (χ4v) is 2.06. The molecule has 2 rings (SSSR count). The van der Waals surface area contributed by atoms with Gasteiger partial charge in [0.05, 0.1) is 7.11 Å². The average molecular weight is 286 g/mol. The van der Waals surface area contributed by atoms with Crippen LogP contribution in [-0.2, 0) is 4.79 Å². The summed E-state index contributed by atoms with van der Waals surface area (Å²) >= 11 is 0. The average Bonchev–Trinajstić information content (AvgIpc) is 2.49. The normalized spacial score (nSPS) is 11.7. The number of carboxylic acid groups (broad SMARTS) is 1. The number of hydrogen-bond acceptors (Lipinski definition) is 3. The van der Waals surface area contributed by atoms with Crippen molar-refractivity contribution in [1.29, 1.82) is 0 Å². The molecule has 1 unspecified atom stereocenters. The molecule has 0 heterocycles. The van der Waals surface area contributed by atoms with Crippen LogP contribution in [0.25, 0.3) is 0 Å². The van der Waals surface area contributed by atoms with Gasteiger partial charge in [0, 0.05) is 5.56 Å². The van der Waals surface area contributed by atoms with Crippen LogP contribution >= 0.6 is 0 Å². The Bertz CT molecular complexity index is 604. The number of carboxylic acids is 1. The van der Waals surface area contributed by atoms with Crippen LogP contribution < -0.4 is 9.47 Å². The second-order valence-corrected chi connectivity index (χ2v) is 4.76. The van der Waals surface area contributed by atoms with E-state index >= 15 is 0 Å². The van der Waals surface area contributed by atoms with E-state index < -0.39 is 11.9 Å². The maximum Gasteiger partial charge on any atom is 0.314 e. The SMILES string of the molecule is COc1ccccc1C(COc1ccc(C)cc1)C(=O)O. The Hall–Kier alpha value is -2.49. The number of benzene rings is 2. The first-order chi connectivity index (χ1) is 10.1. The van der Waals surface area contributed by atoms with Crippen LogP contribution in [0.4, 0.5) is 0 Å². The quantitative estimate of drug-likeness (QED) is 0.885. The fraction of sp³-hybridized carbons (Fsp3) is 0.235. The zero-order valence-corrected chi connectivity index (χ0v) is 12.1. The Morgan fingerprint density at radius 2 is 1.81 bits per heavy atom. The highest BCUT2D eigenvalue weighted by Crippen LogP contribution is 2.27. The molecule has 0 saturated carbocycles. The van der Waals surface area contributed by atoms with Crippen molar-refractivity contribution in [3.8, 4) is 11.5 Å². The molecular formula is C17H18O4. The van der Waals surface area contributed by atoms with Crippen molar-refractivity contribution in [3.05, 3.63) is 59.7 Å². The van der Waals surface area contributed by atoms with Gasteiger partial charge in [-0.05, 0) is 25.1 Å². The van der Waals surface area contributed by atoms with Gasteiger partial charge in [-0.25, -0.2) is 0 Å². The van der Waals surface area contributed by atoms with E-state index in [0.29, 0.717) is 17.1 Å². The van der Waals surface area contributed by atoms with Crippen molar-refractivity contribution in [3.63, 3.8) is 0 Å². The number of hydrogen-bond donors (Lipinski definition) is 1. The summed E-state index contributed by atoms with van der Waals surface area (Å²) in [5.74, 6) is -0.506. The smallest absolute Gasteiger partial charge is 0.314 e. The molecule has 0 fully saturated rings. The lowest BCUT2D eigenvalue weighted by Crippen LogP contribution is -2.20. The van der Waals surface area contributed by atoms with Gasteiger partial charge >= 0.3 is 5.97 Å². The standard InChI is InChI=1S/C17H18O4/c1-12-7-9-13(10-8-12)21-11-15(17(18)19)14-5-3-4-6-16(14)20-2/h3-10,15H,11H2,1-2H3,(H,18,19). The molecule has 110 valence electrons. The third-order valence-corrected chi connectivity index (χ3v) is 3.25. The summed E-state index contributed by atoms with van der Waals surface area (Å²) in [7, 11) is 1.53. The number of aryl methyl sites for hydroxylation is 1. The van der Waals surface area contributed by atoms with Crippen LogP contribution in [0.1, 0.15) is 17.0 Å². The third kappa shape index (κ3) is 3.75. The minimum atomic E-state index is -0.938. The zero-order chi connectivity index (χ0) is 15.2. The molecule has 0 aromatic heterocycles. The number of methoxy groups -OCH3 is 1. The molecule has 0 amide bonds. The van der Waals surface area contributed by atoms with Crippen molar-refractivity contribution in [2.45, 2.75) is 12.8 Å². The van der Waals surface area contributed by atoms with Gasteiger partial charge in [0.25, 0.3) is 0 Å². The van der Waals surface area contributed by atoms with Gasteiger partial charge in [0.2, 0.25) is 0 Å². The van der Waals surface area contributed by atoms with Crippen molar-refractivity contribution in [2.75, 3.05) is 13.7 Å². The number of rotatable bonds is 6. The molecule has 21 heavy (non-hydrogen) atoms. The van der Waals surface area contributed by atoms with E-state index in [1.807, 2.05) is 37.3 Å². The minimum Gasteiger partial charge on any atom is -0.496 e. The molecular weight excluding hydrogens is 268 g/mol. The maximum absolute atomic E-state index is 11.5. The molecule has 0 aliphatic rings. The summed E-state index contributed by atoms with van der Waals surface area (Å²) in [5, 5.41) is 9.43. The van der Waals surface area contributed by atoms with Crippen LogP contribution in [0.5, 0.6) is 11.5 Å². The van der Waals surface area contributed by atoms with Gasteiger partial charge in [0.1, 0.15) is 24.0 Å². The van der Waals surface area contributed by atoms with Crippen LogP contribution in [0.3, 0.4) is 0 Å². The van der Waals surface area contributed by atoms with Gasteiger partial charge in [-0.15, -0.1) is 0 Å². The number of carbonyl (C=O) groups is 1. The van der Waals surface area contributed by atoms with E-state index in [1.165, 1.54) is 7.11 Å². The second-order valence-electron chi connectivity index (χ2n) is 4.76. The minimum absolute atomic E-state index is 0.0543. The van der Waals surface area contributed by atoms with E-state index in [-0.39, 0.29) is 6.61 Å². The molecule has 2 aromatic carbocycles. The number of aliphatic carboxylic acids is 1. The third-order valence-electron chi connectivity index (χ3n) is 3.25. The number of para-hydroxylation sites is 1. The van der Waals surface area contributed by atoms with E-state index in [1.54, 1.807) is 18.2 Å². The van der Waals surface area contributed by atoms with Gasteiger partial charge in [-0.3, -0.25) is 4.79 Å². The summed E-state index contributed by atoms with van der Waals surface area (Å²) in [4.78, 5) is 11.5. The monoisotopic (exact) mass is 286 g/mol. The van der Waals surface area contributed by atoms with Crippen molar-refractivity contribution >= 4 is 5.97 Å². The Morgan fingerprint density at radius 1 is 1.14 bits per heavy atom. The van der Waals surface area contributed by atoms with Gasteiger partial charge in [-0.1, -0.05) is 35.9 Å². The van der Waals surface area contributed by atoms with E-state index in [2.05, 4.69) is 0 Å². The topological polar surface area (TPSA) is 55.8 Å². The molecule has 1 atom stereocenters. The van der Waals surface area contributed by atoms with Crippen LogP contribution in [0, 0.1) is 6.92 Å². The summed E-state index contributed by atoms with van der Waals surface area (Å²) in [5.41, 5.74) is 1.74. The van der Waals surface area contributed by atoms with Crippen molar-refractivity contribution in [1.82, 2.24) is 0 Å². The van der Waals surface area contributed by atoms with Crippen LogP contribution in [0.15, 0.2) is 48.5 Å². The lowest BCUT2D eigenvalue weighted by atomic mass is 9.99. The summed E-state index contributed by atoms with van der Waals surface area (Å²) in [6.45, 7) is 2.04. The predicted molar refractivity (Wildman–Crippen MR) is 80.0 cm³/mol. The van der Waals surface area contributed by atoms with Crippen molar-refractivity contribution in [2.24, 2.45) is 0 Å². The van der Waals surface area contributed by atoms with Gasteiger partial charge in [0.15, 0.2) is 0 Å². The molecule has 0 aliphatic carbocycles. The second kappa shape index (κ2) is 6.79. The molecule has 0 bridgehead atoms. The van der Waals surface area contributed by atoms with E-state index in [9.17, 15) is 9.90 Å². The molecule has 4 heteroatoms. The molecule has 2 aromatic rings. The summed E-state index contributed by atoms with van der Waals surface area (Å²) in [6, 6.07) is 14.6. The van der Waals surface area contributed by atoms with Crippen LogP contribution in [0.2, 0.25) is 0 Å². The summed E-state index contributed by atoms with van der Waals surface area (Å²) in [6.07, 6.45) is 0. The van der Waals surface area contributed by atoms with E-state index in [0.717, 1.165) is 5.56 Å². The summed E-state index contributed by atoms with van der Waals surface area (Å²) < 4.78 is 10.8. The first-order valence-corrected chi connectivity index (χ1v) is 6.67. The molecule has 1 N–H and O–H groups in total. The lowest BCUT2D eigenvalue weighted by Gasteiger charge is -2.17. The highest BCUT2D eigenvalue weighted by atomic mass is 16.5. The molecule has 4 nitrogen and oxygen atoms in total. The van der Waals surface area contributed by atoms with E-state index in [4.69, 9.17) is 9.47 Å². The Morgan fingerprint density at radius 3 is 2.43 bits per heavy atom. The largest absolute Gasteiger partial charge is 0.496 e. The Balaban J connectivity index is 2.16. The fourth-order valence-electron chi connectivity index (χ4n) is 2.06.